The molecule has 1 aromatic heterocycles. The van der Waals surface area contributed by atoms with E-state index in [1.54, 1.807) is 25.3 Å². The number of rotatable bonds is 8. The van der Waals surface area contributed by atoms with Crippen molar-refractivity contribution in [2.75, 3.05) is 31.6 Å². The lowest BCUT2D eigenvalue weighted by molar-refractivity contribution is 0.0303. The van der Waals surface area contributed by atoms with Gasteiger partial charge >= 0.3 is 0 Å². The second-order valence-corrected chi connectivity index (χ2v) is 8.81. The molecule has 0 bridgehead atoms. The van der Waals surface area contributed by atoms with Crippen molar-refractivity contribution in [2.45, 2.75) is 20.3 Å². The van der Waals surface area contributed by atoms with E-state index in [1.165, 1.54) is 0 Å². The molecule has 0 saturated carbocycles. The van der Waals surface area contributed by atoms with Crippen molar-refractivity contribution in [1.82, 2.24) is 9.88 Å². The van der Waals surface area contributed by atoms with Gasteiger partial charge in [0.1, 0.15) is 5.82 Å². The third-order valence-electron chi connectivity index (χ3n) is 5.22. The maximum Gasteiger partial charge on any atom is 0.254 e. The Morgan fingerprint density at radius 2 is 1.97 bits per heavy atom. The zero-order valence-corrected chi connectivity index (χ0v) is 20.9. The Bertz CT molecular complexity index is 1100. The average molecular weight is 498 g/mol. The molecule has 0 radical (unpaired) electrons. The fourth-order valence-corrected chi connectivity index (χ4v) is 3.78. The van der Waals surface area contributed by atoms with Crippen molar-refractivity contribution in [3.63, 3.8) is 0 Å². The number of halogens is 2. The zero-order chi connectivity index (χ0) is 24.3. The van der Waals surface area contributed by atoms with Crippen LogP contribution in [0.3, 0.4) is 0 Å². The normalized spacial score (nSPS) is 15.6. The highest BCUT2D eigenvalue weighted by Gasteiger charge is 2.18. The summed E-state index contributed by atoms with van der Waals surface area (Å²) in [5, 5.41) is 4.44. The fraction of sp³-hybridized carbons (Fsp3) is 0.259. The van der Waals surface area contributed by atoms with Gasteiger partial charge in [0.05, 0.1) is 13.2 Å². The van der Waals surface area contributed by atoms with Gasteiger partial charge < -0.3 is 15.0 Å². The summed E-state index contributed by atoms with van der Waals surface area (Å²) in [6.07, 6.45) is 11.9. The number of hydrogen-bond donors (Lipinski definition) is 1. The maximum atomic E-state index is 12.8. The van der Waals surface area contributed by atoms with Gasteiger partial charge in [0.2, 0.25) is 0 Å². The second-order valence-electron chi connectivity index (χ2n) is 7.78. The fourth-order valence-electron chi connectivity index (χ4n) is 3.37. The summed E-state index contributed by atoms with van der Waals surface area (Å²) >= 11 is 11.9. The molecular formula is C27H29Cl2N3O2. The van der Waals surface area contributed by atoms with Crippen molar-refractivity contribution < 1.29 is 9.53 Å². The summed E-state index contributed by atoms with van der Waals surface area (Å²) in [6, 6.07) is 11.6. The molecule has 1 aliphatic heterocycles. The minimum Gasteiger partial charge on any atom is -0.378 e. The Morgan fingerprint density at radius 3 is 2.65 bits per heavy atom. The molecule has 0 atom stereocenters. The molecule has 1 saturated heterocycles. The summed E-state index contributed by atoms with van der Waals surface area (Å²) in [6.45, 7) is 6.28. The van der Waals surface area contributed by atoms with Gasteiger partial charge in [0.25, 0.3) is 5.91 Å². The van der Waals surface area contributed by atoms with Crippen LogP contribution < -0.4 is 5.32 Å². The quantitative estimate of drug-likeness (QED) is 0.409. The van der Waals surface area contributed by atoms with E-state index in [0.717, 1.165) is 28.9 Å². The number of pyridine rings is 1. The first-order valence-electron chi connectivity index (χ1n) is 11.2. The monoisotopic (exact) mass is 497 g/mol. The first-order chi connectivity index (χ1) is 16.5. The van der Waals surface area contributed by atoms with Crippen LogP contribution in [0.25, 0.3) is 11.1 Å². The Morgan fingerprint density at radius 1 is 1.18 bits per heavy atom. The Hall–Kier alpha value is -2.86. The van der Waals surface area contributed by atoms with Crippen molar-refractivity contribution in [3.05, 3.63) is 94.3 Å². The van der Waals surface area contributed by atoms with Gasteiger partial charge in [-0.05, 0) is 60.9 Å². The molecule has 1 amide bonds. The van der Waals surface area contributed by atoms with E-state index in [0.29, 0.717) is 41.9 Å². The first kappa shape index (κ1) is 25.8. The highest BCUT2D eigenvalue weighted by molar-refractivity contribution is 6.34. The van der Waals surface area contributed by atoms with Crippen LogP contribution in [0.4, 0.5) is 5.82 Å². The smallest absolute Gasteiger partial charge is 0.254 e. The number of hydrogen-bond acceptors (Lipinski definition) is 4. The second kappa shape index (κ2) is 13.1. The van der Waals surface area contributed by atoms with Crippen LogP contribution in [-0.4, -0.2) is 42.1 Å². The van der Waals surface area contributed by atoms with Crippen LogP contribution in [0, 0.1) is 0 Å². The van der Waals surface area contributed by atoms with Gasteiger partial charge in [-0.1, -0.05) is 54.4 Å². The molecule has 2 aromatic rings. The lowest BCUT2D eigenvalue weighted by Gasteiger charge is -2.27. The van der Waals surface area contributed by atoms with E-state index < -0.39 is 0 Å². The van der Waals surface area contributed by atoms with Gasteiger partial charge in [-0.15, -0.1) is 0 Å². The van der Waals surface area contributed by atoms with E-state index >= 15 is 0 Å². The first-order valence-corrected chi connectivity index (χ1v) is 12.0. The highest BCUT2D eigenvalue weighted by atomic mass is 35.5. The maximum absolute atomic E-state index is 12.8. The molecule has 2 heterocycles. The van der Waals surface area contributed by atoms with Crippen LogP contribution in [0.15, 0.2) is 88.7 Å². The number of ether oxygens (including phenoxy) is 1. The van der Waals surface area contributed by atoms with E-state index in [1.807, 2.05) is 59.7 Å². The minimum absolute atomic E-state index is 0.0339. The number of benzene rings is 1. The Kier molecular flexibility index (Phi) is 9.95. The van der Waals surface area contributed by atoms with Gasteiger partial charge in [0, 0.05) is 46.7 Å². The van der Waals surface area contributed by atoms with Gasteiger partial charge in [-0.2, -0.15) is 0 Å². The Labute approximate surface area is 211 Å². The summed E-state index contributed by atoms with van der Waals surface area (Å²) < 4.78 is 5.34. The number of morpholine rings is 1. The average Bonchev–Trinajstić information content (AvgIpc) is 2.86. The van der Waals surface area contributed by atoms with Crippen molar-refractivity contribution in [1.29, 1.82) is 0 Å². The molecule has 0 aliphatic carbocycles. The van der Waals surface area contributed by atoms with Gasteiger partial charge in [-0.3, -0.25) is 4.79 Å². The number of aromatic nitrogens is 1. The number of carbonyl (C=O) groups is 1. The molecule has 7 heteroatoms. The minimum atomic E-state index is 0.0339. The number of carbonyl (C=O) groups excluding carboxylic acids is 1. The summed E-state index contributed by atoms with van der Waals surface area (Å²) in [5.41, 5.74) is 3.67. The molecule has 3 rings (SSSR count). The van der Waals surface area contributed by atoms with Crippen LogP contribution in [0.5, 0.6) is 0 Å². The molecule has 178 valence electrons. The molecule has 0 unspecified atom stereocenters. The largest absolute Gasteiger partial charge is 0.378 e. The van der Waals surface area contributed by atoms with Crippen molar-refractivity contribution >= 4 is 34.9 Å². The van der Waals surface area contributed by atoms with Crippen LogP contribution in [0.1, 0.15) is 30.6 Å². The number of nitrogens with one attached hydrogen (secondary N) is 1. The number of allylic oxidation sites excluding steroid dienone is 7. The van der Waals surface area contributed by atoms with Crippen molar-refractivity contribution in [3.8, 4) is 11.1 Å². The standard InChI is InChI=1S/C27H29Cl2N3O2/c1-3-21(6-4-9-25(29)16-20(2)28)18-30-26-11-10-24(19-31-26)22-7-5-8-23(17-22)27(33)32-12-14-34-15-13-32/h4-11,16-19H,3,12-15H2,1-2H3,(H,30,31)/b6-4+,20-16+,21-18+,25-9+. The number of nitrogens with zero attached hydrogens (tertiary/aromatic N) is 2. The zero-order valence-electron chi connectivity index (χ0n) is 19.4. The van der Waals surface area contributed by atoms with Crippen LogP contribution >= 0.6 is 23.2 Å². The molecule has 34 heavy (non-hydrogen) atoms. The third-order valence-corrected chi connectivity index (χ3v) is 5.57. The number of anilines is 1. The van der Waals surface area contributed by atoms with E-state index in [9.17, 15) is 4.79 Å². The molecular weight excluding hydrogens is 469 g/mol. The van der Waals surface area contributed by atoms with Crippen LogP contribution in [0.2, 0.25) is 0 Å². The van der Waals surface area contributed by atoms with E-state index in [2.05, 4.69) is 17.2 Å². The predicted molar refractivity (Wildman–Crippen MR) is 141 cm³/mol. The summed E-state index contributed by atoms with van der Waals surface area (Å²) in [4.78, 5) is 19.1. The third kappa shape index (κ3) is 7.87. The van der Waals surface area contributed by atoms with Gasteiger partial charge in [0.15, 0.2) is 0 Å². The highest BCUT2D eigenvalue weighted by Crippen LogP contribution is 2.22. The van der Waals surface area contributed by atoms with Gasteiger partial charge in [-0.25, -0.2) is 4.98 Å². The SMILES string of the molecule is CCC(/C=C/C=C(Cl)\C=C(/C)Cl)=C\Nc1ccc(-c2cccc(C(=O)N3CCOCC3)c2)cn1. The molecule has 1 N–H and O–H groups in total. The topological polar surface area (TPSA) is 54.5 Å². The summed E-state index contributed by atoms with van der Waals surface area (Å²) in [7, 11) is 0. The lowest BCUT2D eigenvalue weighted by atomic mass is 10.0. The predicted octanol–water partition coefficient (Wildman–Crippen LogP) is 6.75. The Balaban J connectivity index is 1.65. The molecule has 5 nitrogen and oxygen atoms in total. The molecule has 0 spiro atoms. The van der Waals surface area contributed by atoms with E-state index in [4.69, 9.17) is 27.9 Å². The van der Waals surface area contributed by atoms with Crippen LogP contribution in [-0.2, 0) is 4.74 Å². The molecule has 1 fully saturated rings. The molecule has 1 aliphatic rings. The number of amides is 1. The van der Waals surface area contributed by atoms with Crippen molar-refractivity contribution in [2.24, 2.45) is 0 Å². The summed E-state index contributed by atoms with van der Waals surface area (Å²) in [5.74, 6) is 0.768. The molecule has 1 aromatic carbocycles. The van der Waals surface area contributed by atoms with E-state index in [-0.39, 0.29) is 5.91 Å². The lowest BCUT2D eigenvalue weighted by Crippen LogP contribution is -2.40.